The number of carbonyl (C=O) groups is 1. The quantitative estimate of drug-likeness (QED) is 0.691. The summed E-state index contributed by atoms with van der Waals surface area (Å²) in [5.41, 5.74) is 2.49. The van der Waals surface area contributed by atoms with E-state index in [2.05, 4.69) is 10.5 Å². The van der Waals surface area contributed by atoms with Gasteiger partial charge in [0.2, 0.25) is 5.91 Å². The normalized spacial score (nSPS) is 11.9. The van der Waals surface area contributed by atoms with Crippen molar-refractivity contribution in [3.8, 4) is 11.5 Å². The van der Waals surface area contributed by atoms with Gasteiger partial charge in [-0.15, -0.1) is 0 Å². The van der Waals surface area contributed by atoms with Crippen LogP contribution in [0.15, 0.2) is 22.7 Å². The molecule has 1 amide bonds. The molecule has 1 aromatic carbocycles. The predicted octanol–water partition coefficient (Wildman–Crippen LogP) is 2.75. The van der Waals surface area contributed by atoms with Gasteiger partial charge in [-0.25, -0.2) is 0 Å². The van der Waals surface area contributed by atoms with E-state index in [-0.39, 0.29) is 18.4 Å². The second kappa shape index (κ2) is 9.24. The molecule has 26 heavy (non-hydrogen) atoms. The Labute approximate surface area is 153 Å². The number of nitrogens with zero attached hydrogens (tertiary/aromatic N) is 1. The molecule has 0 saturated heterocycles. The summed E-state index contributed by atoms with van der Waals surface area (Å²) in [5.74, 6) is 1.84. The van der Waals surface area contributed by atoms with E-state index in [1.54, 1.807) is 21.1 Å². The maximum atomic E-state index is 12.3. The minimum atomic E-state index is -0.176. The Morgan fingerprint density at radius 1 is 1.23 bits per heavy atom. The van der Waals surface area contributed by atoms with Crippen LogP contribution in [0.4, 0.5) is 0 Å². The van der Waals surface area contributed by atoms with Crippen LogP contribution in [-0.2, 0) is 16.0 Å². The zero-order valence-electron chi connectivity index (χ0n) is 15.9. The highest BCUT2D eigenvalue weighted by molar-refractivity contribution is 5.79. The van der Waals surface area contributed by atoms with Gasteiger partial charge in [-0.1, -0.05) is 11.2 Å². The third-order valence-electron chi connectivity index (χ3n) is 4.13. The van der Waals surface area contributed by atoms with Gasteiger partial charge in [0.1, 0.15) is 12.4 Å². The van der Waals surface area contributed by atoms with Gasteiger partial charge >= 0.3 is 0 Å². The summed E-state index contributed by atoms with van der Waals surface area (Å²) < 4.78 is 21.1. The molecule has 7 nitrogen and oxygen atoms in total. The van der Waals surface area contributed by atoms with Gasteiger partial charge in [0.25, 0.3) is 0 Å². The molecule has 0 aliphatic carbocycles. The third kappa shape index (κ3) is 4.98. The predicted molar refractivity (Wildman–Crippen MR) is 96.6 cm³/mol. The molecule has 2 aromatic rings. The van der Waals surface area contributed by atoms with E-state index < -0.39 is 0 Å². The molecule has 0 fully saturated rings. The van der Waals surface area contributed by atoms with E-state index in [1.807, 2.05) is 32.0 Å². The molecule has 0 saturated carbocycles. The molecule has 1 heterocycles. The minimum absolute atomic E-state index is 0.0914. The summed E-state index contributed by atoms with van der Waals surface area (Å²) in [4.78, 5) is 12.3. The van der Waals surface area contributed by atoms with Crippen LogP contribution < -0.4 is 14.8 Å². The van der Waals surface area contributed by atoms with Crippen molar-refractivity contribution in [2.75, 3.05) is 27.4 Å². The van der Waals surface area contributed by atoms with Crippen molar-refractivity contribution in [3.05, 3.63) is 40.8 Å². The van der Waals surface area contributed by atoms with E-state index in [0.29, 0.717) is 30.5 Å². The number of nitrogens with one attached hydrogen (secondary N) is 1. The van der Waals surface area contributed by atoms with Crippen LogP contribution in [-0.4, -0.2) is 38.5 Å². The van der Waals surface area contributed by atoms with E-state index in [0.717, 1.165) is 16.8 Å². The maximum absolute atomic E-state index is 12.3. The fraction of sp³-hybridized carbons (Fsp3) is 0.474. The SMILES string of the molecule is COCCOc1ccc([C@H](C)NC(=O)Cc2c(C)noc2C)cc1OC. The zero-order valence-corrected chi connectivity index (χ0v) is 15.9. The van der Waals surface area contributed by atoms with Gasteiger partial charge < -0.3 is 24.1 Å². The Bertz CT molecular complexity index is 722. The molecule has 142 valence electrons. The first-order chi connectivity index (χ1) is 12.5. The molecule has 1 aromatic heterocycles. The molecule has 0 radical (unpaired) electrons. The van der Waals surface area contributed by atoms with Crippen molar-refractivity contribution in [2.24, 2.45) is 0 Å². The van der Waals surface area contributed by atoms with E-state index in [1.165, 1.54) is 0 Å². The summed E-state index contributed by atoms with van der Waals surface area (Å²) in [6, 6.07) is 5.43. The minimum Gasteiger partial charge on any atom is -0.493 e. The van der Waals surface area contributed by atoms with E-state index in [4.69, 9.17) is 18.7 Å². The van der Waals surface area contributed by atoms with Crippen molar-refractivity contribution in [3.63, 3.8) is 0 Å². The molecule has 7 heteroatoms. The Morgan fingerprint density at radius 3 is 2.62 bits per heavy atom. The Morgan fingerprint density at radius 2 is 2.00 bits per heavy atom. The molecule has 1 N–H and O–H groups in total. The lowest BCUT2D eigenvalue weighted by molar-refractivity contribution is -0.121. The Hall–Kier alpha value is -2.54. The van der Waals surface area contributed by atoms with Gasteiger partial charge in [-0.05, 0) is 38.5 Å². The van der Waals surface area contributed by atoms with Crippen LogP contribution in [0.1, 0.15) is 35.5 Å². The van der Waals surface area contributed by atoms with Crippen LogP contribution in [0.3, 0.4) is 0 Å². The summed E-state index contributed by atoms with van der Waals surface area (Å²) in [6.45, 7) is 6.50. The largest absolute Gasteiger partial charge is 0.493 e. The lowest BCUT2D eigenvalue weighted by Gasteiger charge is -2.17. The highest BCUT2D eigenvalue weighted by Crippen LogP contribution is 2.30. The zero-order chi connectivity index (χ0) is 19.1. The van der Waals surface area contributed by atoms with Crippen molar-refractivity contribution < 1.29 is 23.5 Å². The number of rotatable bonds is 9. The summed E-state index contributed by atoms with van der Waals surface area (Å²) >= 11 is 0. The number of hydrogen-bond donors (Lipinski definition) is 1. The van der Waals surface area contributed by atoms with Crippen LogP contribution >= 0.6 is 0 Å². The van der Waals surface area contributed by atoms with Gasteiger partial charge in [0.05, 0.1) is 31.9 Å². The van der Waals surface area contributed by atoms with Crippen molar-refractivity contribution in [1.82, 2.24) is 10.5 Å². The lowest BCUT2D eigenvalue weighted by atomic mass is 10.1. The Kier molecular flexibility index (Phi) is 7.03. The van der Waals surface area contributed by atoms with E-state index in [9.17, 15) is 4.79 Å². The van der Waals surface area contributed by atoms with Crippen molar-refractivity contribution >= 4 is 5.91 Å². The number of amides is 1. The number of methoxy groups -OCH3 is 2. The fourth-order valence-electron chi connectivity index (χ4n) is 2.60. The molecule has 0 bridgehead atoms. The van der Waals surface area contributed by atoms with Crippen LogP contribution in [0, 0.1) is 13.8 Å². The Balaban J connectivity index is 2.02. The standard InChI is InChI=1S/C19H26N2O5/c1-12(20-19(22)11-16-13(2)21-26-14(16)3)15-6-7-17(18(10-15)24-5)25-9-8-23-4/h6-7,10,12H,8-9,11H2,1-5H3,(H,20,22)/t12-/m0/s1. The van der Waals surface area contributed by atoms with Gasteiger partial charge in [0, 0.05) is 12.7 Å². The number of aromatic nitrogens is 1. The lowest BCUT2D eigenvalue weighted by Crippen LogP contribution is -2.28. The summed E-state index contributed by atoms with van der Waals surface area (Å²) in [7, 11) is 3.21. The van der Waals surface area contributed by atoms with Gasteiger partial charge in [-0.2, -0.15) is 0 Å². The van der Waals surface area contributed by atoms with Crippen LogP contribution in [0.2, 0.25) is 0 Å². The number of hydrogen-bond acceptors (Lipinski definition) is 6. The number of aryl methyl sites for hydroxylation is 2. The maximum Gasteiger partial charge on any atom is 0.225 e. The second-order valence-corrected chi connectivity index (χ2v) is 6.02. The average molecular weight is 362 g/mol. The van der Waals surface area contributed by atoms with Crippen molar-refractivity contribution in [1.29, 1.82) is 0 Å². The molecule has 0 aliphatic rings. The second-order valence-electron chi connectivity index (χ2n) is 6.02. The molecule has 0 unspecified atom stereocenters. The number of ether oxygens (including phenoxy) is 3. The summed E-state index contributed by atoms with van der Waals surface area (Å²) in [6.07, 6.45) is 0.237. The van der Waals surface area contributed by atoms with Crippen LogP contribution in [0.5, 0.6) is 11.5 Å². The van der Waals surface area contributed by atoms with E-state index >= 15 is 0 Å². The average Bonchev–Trinajstić information content (AvgIpc) is 2.93. The van der Waals surface area contributed by atoms with Gasteiger partial charge in [0.15, 0.2) is 11.5 Å². The van der Waals surface area contributed by atoms with Crippen LogP contribution in [0.25, 0.3) is 0 Å². The monoisotopic (exact) mass is 362 g/mol. The van der Waals surface area contributed by atoms with Crippen molar-refractivity contribution in [2.45, 2.75) is 33.2 Å². The smallest absolute Gasteiger partial charge is 0.225 e. The van der Waals surface area contributed by atoms with Gasteiger partial charge in [-0.3, -0.25) is 4.79 Å². The first kappa shape index (κ1) is 19.8. The molecule has 2 rings (SSSR count). The highest BCUT2D eigenvalue weighted by Gasteiger charge is 2.17. The first-order valence-corrected chi connectivity index (χ1v) is 8.47. The topological polar surface area (TPSA) is 82.8 Å². The third-order valence-corrected chi connectivity index (χ3v) is 4.13. The first-order valence-electron chi connectivity index (χ1n) is 8.47. The molecule has 0 spiro atoms. The number of carbonyl (C=O) groups excluding carboxylic acids is 1. The summed E-state index contributed by atoms with van der Waals surface area (Å²) in [5, 5.41) is 6.86. The molecule has 1 atom stereocenters. The molecule has 0 aliphatic heterocycles. The molecular weight excluding hydrogens is 336 g/mol. The fourth-order valence-corrected chi connectivity index (χ4v) is 2.60. The number of benzene rings is 1. The highest BCUT2D eigenvalue weighted by atomic mass is 16.5. The molecular formula is C19H26N2O5.